The molecule has 0 aromatic heterocycles. The average molecular weight is 1180 g/mol. The van der Waals surface area contributed by atoms with Crippen molar-refractivity contribution >= 4 is 19.7 Å². The first-order valence-corrected chi connectivity index (χ1v) is 35.4. The van der Waals surface area contributed by atoms with Crippen LogP contribution in [0, 0.1) is 0 Å². The van der Waals surface area contributed by atoms with Crippen LogP contribution >= 0.6 is 7.82 Å². The maximum atomic E-state index is 13.6. The van der Waals surface area contributed by atoms with E-state index in [4.69, 9.17) is 13.8 Å². The topological polar surface area (TPSA) is 111 Å². The molecule has 0 aliphatic carbocycles. The number of phosphoric ester groups is 1. The lowest BCUT2D eigenvalue weighted by Crippen LogP contribution is -2.47. The number of rotatable bonds is 60. The second-order valence-electron chi connectivity index (χ2n) is 23.6. The summed E-state index contributed by atoms with van der Waals surface area (Å²) in [5.74, 6) is -0.543. The highest BCUT2D eigenvalue weighted by molar-refractivity contribution is 7.47. The van der Waals surface area contributed by atoms with Crippen molar-refractivity contribution in [1.29, 1.82) is 0 Å². The molecule has 0 rings (SSSR count). The van der Waals surface area contributed by atoms with Gasteiger partial charge in [0, 0.05) is 12.8 Å². The van der Waals surface area contributed by atoms with Crippen LogP contribution in [0.1, 0.15) is 278 Å². The molecule has 2 N–H and O–H groups in total. The monoisotopic (exact) mass is 1180 g/mol. The standard InChI is InChI=1S/C73H127N2O7P/c1-7-10-13-16-19-22-25-28-30-32-33-34-35-36-37-38-39-40-41-43-44-47-50-53-56-59-62-65-72(76)74-70(69-81-83(78,79)80-68-67-75(4,5)6)71(64-61-58-55-52-49-46-27-24-21-18-15-12-9-3)82-73(77)66-63-60-57-54-51-48-45-42-31-29-26-23-20-17-14-11-8-2/h10,13,19-20,22-23,28-31,33-34,36-37,39-40,45,48,61,64,70-71H,7-9,11-12,14-18,21,24-27,32,35,38,41-44,46-47,49-60,62-63,65-69H2,1-6H3,(H-,74,76,78,79)/p+1/b13-10-,22-19-,23-20-,30-28-,31-29-,34-33-,37-36-,40-39-,48-45-,64-61-. The van der Waals surface area contributed by atoms with Gasteiger partial charge in [-0.15, -0.1) is 0 Å². The van der Waals surface area contributed by atoms with Gasteiger partial charge in [0.15, 0.2) is 0 Å². The van der Waals surface area contributed by atoms with E-state index in [1.54, 1.807) is 0 Å². The number of carbonyl (C=O) groups excluding carboxylic acids is 2. The zero-order valence-electron chi connectivity index (χ0n) is 54.4. The Morgan fingerprint density at radius 2 is 0.771 bits per heavy atom. The number of amides is 1. The molecule has 3 atom stereocenters. The molecule has 0 saturated carbocycles. The van der Waals surface area contributed by atoms with Crippen molar-refractivity contribution in [3.63, 3.8) is 0 Å². The number of unbranched alkanes of at least 4 members (excludes halogenated alkanes) is 26. The third kappa shape index (κ3) is 62.8. The summed E-state index contributed by atoms with van der Waals surface area (Å²) in [6.07, 6.45) is 86.3. The summed E-state index contributed by atoms with van der Waals surface area (Å²) in [4.78, 5) is 37.8. The molecule has 10 heteroatoms. The molecule has 0 aliphatic heterocycles. The number of hydrogen-bond acceptors (Lipinski definition) is 6. The predicted molar refractivity (Wildman–Crippen MR) is 360 cm³/mol. The average Bonchev–Trinajstić information content (AvgIpc) is 3.47. The van der Waals surface area contributed by atoms with Gasteiger partial charge in [0.1, 0.15) is 19.3 Å². The van der Waals surface area contributed by atoms with Gasteiger partial charge in [0.2, 0.25) is 5.91 Å². The summed E-state index contributed by atoms with van der Waals surface area (Å²) in [5.41, 5.74) is 0. The molecule has 3 unspecified atom stereocenters. The Morgan fingerprint density at radius 1 is 0.434 bits per heavy atom. The van der Waals surface area contributed by atoms with Crippen LogP contribution in [0.2, 0.25) is 0 Å². The maximum Gasteiger partial charge on any atom is 0.472 e. The van der Waals surface area contributed by atoms with Gasteiger partial charge in [-0.2, -0.15) is 0 Å². The van der Waals surface area contributed by atoms with Gasteiger partial charge in [-0.05, 0) is 122 Å². The zero-order valence-corrected chi connectivity index (χ0v) is 55.3. The van der Waals surface area contributed by atoms with E-state index in [9.17, 15) is 19.0 Å². The third-order valence-electron chi connectivity index (χ3n) is 14.4. The molecule has 0 heterocycles. The van der Waals surface area contributed by atoms with Crippen molar-refractivity contribution in [2.45, 2.75) is 290 Å². The SMILES string of the molecule is CC/C=C\C/C=C\C/C=C\C/C=C\C/C=C\C/C=C\CCCCCCCCCCC(=O)NC(COP(=O)(O)OCC[N+](C)(C)C)C(/C=C\CCCCCCCCCCCCC)OC(=O)CCCCCC/C=C\C/C=C\C/C=C\CCCCC. The number of hydrogen-bond donors (Lipinski definition) is 2. The van der Waals surface area contributed by atoms with Gasteiger partial charge in [-0.3, -0.25) is 18.6 Å². The maximum absolute atomic E-state index is 13.6. The Kier molecular flexibility index (Phi) is 58.8. The number of carbonyl (C=O) groups is 2. The molecular formula is C73H128N2O7P+. The first kappa shape index (κ1) is 79.4. The summed E-state index contributed by atoms with van der Waals surface area (Å²) in [6, 6.07) is -0.871. The Balaban J connectivity index is 5.20. The normalized spacial score (nSPS) is 14.3. The number of ether oxygens (including phenoxy) is 1. The Labute approximate surface area is 512 Å². The number of esters is 1. The summed E-state index contributed by atoms with van der Waals surface area (Å²) < 4.78 is 30.8. The summed E-state index contributed by atoms with van der Waals surface area (Å²) in [6.45, 7) is 6.85. The number of allylic oxidation sites excluding steroid dienone is 19. The van der Waals surface area contributed by atoms with Crippen molar-refractivity contribution < 1.29 is 37.3 Å². The van der Waals surface area contributed by atoms with Crippen LogP contribution in [0.5, 0.6) is 0 Å². The van der Waals surface area contributed by atoms with Crippen molar-refractivity contribution in [2.24, 2.45) is 0 Å². The van der Waals surface area contributed by atoms with E-state index in [0.29, 0.717) is 23.9 Å². The molecule has 476 valence electrons. The number of quaternary nitrogens is 1. The first-order chi connectivity index (χ1) is 40.4. The number of phosphoric acid groups is 1. The largest absolute Gasteiger partial charge is 0.472 e. The van der Waals surface area contributed by atoms with Crippen molar-refractivity contribution in [1.82, 2.24) is 5.32 Å². The van der Waals surface area contributed by atoms with Crippen LogP contribution in [0.15, 0.2) is 122 Å². The number of nitrogens with one attached hydrogen (secondary N) is 1. The van der Waals surface area contributed by atoms with E-state index >= 15 is 0 Å². The van der Waals surface area contributed by atoms with Gasteiger partial charge >= 0.3 is 13.8 Å². The van der Waals surface area contributed by atoms with Crippen molar-refractivity contribution in [2.75, 3.05) is 40.9 Å². The van der Waals surface area contributed by atoms with Crippen LogP contribution in [-0.4, -0.2) is 74.3 Å². The molecular weight excluding hydrogens is 1050 g/mol. The lowest BCUT2D eigenvalue weighted by atomic mass is 10.0. The van der Waals surface area contributed by atoms with Crippen LogP contribution in [-0.2, 0) is 27.9 Å². The molecule has 1 amide bonds. The lowest BCUT2D eigenvalue weighted by molar-refractivity contribution is -0.870. The summed E-state index contributed by atoms with van der Waals surface area (Å²) >= 11 is 0. The van der Waals surface area contributed by atoms with Gasteiger partial charge in [-0.25, -0.2) is 4.57 Å². The lowest BCUT2D eigenvalue weighted by Gasteiger charge is -2.27. The molecule has 0 spiro atoms. The van der Waals surface area contributed by atoms with Gasteiger partial charge in [0.25, 0.3) is 0 Å². The molecule has 0 aliphatic rings. The Hall–Kier alpha value is -3.59. The molecule has 0 bridgehead atoms. The molecule has 0 aromatic carbocycles. The number of likely N-dealkylation sites (N-methyl/N-ethyl adjacent to an activating group) is 1. The highest BCUT2D eigenvalue weighted by Crippen LogP contribution is 2.43. The predicted octanol–water partition coefficient (Wildman–Crippen LogP) is 21.4. The molecule has 0 fully saturated rings. The van der Waals surface area contributed by atoms with Gasteiger partial charge < -0.3 is 19.4 Å². The Morgan fingerprint density at radius 3 is 1.18 bits per heavy atom. The molecule has 0 aromatic rings. The van der Waals surface area contributed by atoms with Crippen molar-refractivity contribution in [3.8, 4) is 0 Å². The Bertz CT molecular complexity index is 1830. The fourth-order valence-electron chi connectivity index (χ4n) is 9.19. The van der Waals surface area contributed by atoms with E-state index in [2.05, 4.69) is 135 Å². The van der Waals surface area contributed by atoms with Crippen molar-refractivity contribution in [3.05, 3.63) is 122 Å². The minimum atomic E-state index is -4.47. The van der Waals surface area contributed by atoms with Crippen LogP contribution < -0.4 is 5.32 Å². The molecule has 9 nitrogen and oxygen atoms in total. The van der Waals surface area contributed by atoms with E-state index in [1.807, 2.05) is 33.3 Å². The van der Waals surface area contributed by atoms with Crippen LogP contribution in [0.3, 0.4) is 0 Å². The minimum absolute atomic E-state index is 0.0287. The number of nitrogens with zero attached hydrogens (tertiary/aromatic N) is 1. The van der Waals surface area contributed by atoms with E-state index in [-0.39, 0.29) is 31.5 Å². The molecule has 0 radical (unpaired) electrons. The molecule has 0 saturated heterocycles. The fourth-order valence-corrected chi connectivity index (χ4v) is 9.92. The second-order valence-corrected chi connectivity index (χ2v) is 25.1. The molecule has 83 heavy (non-hydrogen) atoms. The zero-order chi connectivity index (χ0) is 60.7. The highest BCUT2D eigenvalue weighted by atomic mass is 31.2. The van der Waals surface area contributed by atoms with Gasteiger partial charge in [-0.1, -0.05) is 265 Å². The van der Waals surface area contributed by atoms with Gasteiger partial charge in [0.05, 0.1) is 33.8 Å². The highest BCUT2D eigenvalue weighted by Gasteiger charge is 2.30. The second kappa shape index (κ2) is 61.5. The van der Waals surface area contributed by atoms with Crippen LogP contribution in [0.4, 0.5) is 0 Å². The fraction of sp³-hybridized carbons (Fsp3) is 0.699. The minimum Gasteiger partial charge on any atom is -0.456 e. The van der Waals surface area contributed by atoms with E-state index in [0.717, 1.165) is 128 Å². The smallest absolute Gasteiger partial charge is 0.456 e. The van der Waals surface area contributed by atoms with Crippen LogP contribution in [0.25, 0.3) is 0 Å². The summed E-state index contributed by atoms with van der Waals surface area (Å²) in [7, 11) is 1.46. The van der Waals surface area contributed by atoms with E-state index in [1.165, 1.54) is 109 Å². The summed E-state index contributed by atoms with van der Waals surface area (Å²) in [5, 5.41) is 3.05. The van der Waals surface area contributed by atoms with E-state index < -0.39 is 20.0 Å². The quantitative estimate of drug-likeness (QED) is 0.0205. The first-order valence-electron chi connectivity index (χ1n) is 33.9. The third-order valence-corrected chi connectivity index (χ3v) is 15.4.